The summed E-state index contributed by atoms with van der Waals surface area (Å²) in [6.07, 6.45) is 7.19. The van der Waals surface area contributed by atoms with Gasteiger partial charge in [-0.25, -0.2) is 4.98 Å². The van der Waals surface area contributed by atoms with Gasteiger partial charge in [-0.1, -0.05) is 61.7 Å². The molecule has 1 aromatic heterocycles. The minimum atomic E-state index is 0.490. The van der Waals surface area contributed by atoms with Crippen LogP contribution < -0.4 is 9.64 Å². The van der Waals surface area contributed by atoms with E-state index < -0.39 is 0 Å². The fraction of sp³-hybridized carbons (Fsp3) is 0.464. The first-order chi connectivity index (χ1) is 16.3. The van der Waals surface area contributed by atoms with Crippen molar-refractivity contribution in [3.63, 3.8) is 0 Å². The van der Waals surface area contributed by atoms with Crippen LogP contribution >= 0.6 is 0 Å². The lowest BCUT2D eigenvalue weighted by Crippen LogP contribution is -2.46. The Hall–Kier alpha value is -2.79. The second-order valence-electron chi connectivity index (χ2n) is 9.35. The molecule has 5 nitrogen and oxygen atoms in total. The Morgan fingerprint density at radius 2 is 1.64 bits per heavy atom. The van der Waals surface area contributed by atoms with Gasteiger partial charge in [0.2, 0.25) is 0 Å². The molecule has 0 bridgehead atoms. The fourth-order valence-electron chi connectivity index (χ4n) is 5.22. The number of methoxy groups -OCH3 is 1. The van der Waals surface area contributed by atoms with E-state index in [1.54, 1.807) is 7.11 Å². The maximum Gasteiger partial charge on any atom is 0.197 e. The summed E-state index contributed by atoms with van der Waals surface area (Å²) in [5.74, 6) is 3.47. The minimum absolute atomic E-state index is 0.490. The molecular formula is C28H35N3O2. The Morgan fingerprint density at radius 1 is 0.909 bits per heavy atom. The predicted octanol–water partition coefficient (Wildman–Crippen LogP) is 5.64. The number of aromatic nitrogens is 1. The number of hydrogen-bond donors (Lipinski definition) is 0. The molecule has 2 heterocycles. The minimum Gasteiger partial charge on any atom is -0.495 e. The number of hydrogen-bond acceptors (Lipinski definition) is 5. The molecule has 2 fully saturated rings. The van der Waals surface area contributed by atoms with Crippen LogP contribution in [0.5, 0.6) is 5.75 Å². The molecule has 1 aliphatic heterocycles. The highest BCUT2D eigenvalue weighted by Gasteiger charge is 2.26. The first-order valence-electron chi connectivity index (χ1n) is 12.4. The SMILES string of the molecule is COc1ccccc1N1CCN(Cc2oc(C3CCCCC3)nc2Cc2ccccc2)CC1. The van der Waals surface area contributed by atoms with Crippen molar-refractivity contribution in [3.8, 4) is 5.75 Å². The van der Waals surface area contributed by atoms with Crippen LogP contribution in [0.3, 0.4) is 0 Å². The van der Waals surface area contributed by atoms with Crippen molar-refractivity contribution in [2.45, 2.75) is 51.0 Å². The van der Waals surface area contributed by atoms with Crippen molar-refractivity contribution in [1.82, 2.24) is 9.88 Å². The van der Waals surface area contributed by atoms with Crippen LogP contribution in [0.4, 0.5) is 5.69 Å². The van der Waals surface area contributed by atoms with Crippen molar-refractivity contribution in [2.75, 3.05) is 38.2 Å². The molecule has 1 saturated heterocycles. The van der Waals surface area contributed by atoms with Crippen LogP contribution in [0.1, 0.15) is 60.9 Å². The molecule has 0 N–H and O–H groups in total. The highest BCUT2D eigenvalue weighted by molar-refractivity contribution is 5.58. The normalized spacial score (nSPS) is 17.9. The third-order valence-electron chi connectivity index (χ3n) is 7.13. The van der Waals surface area contributed by atoms with Crippen LogP contribution in [0.25, 0.3) is 0 Å². The molecule has 174 valence electrons. The lowest BCUT2D eigenvalue weighted by Gasteiger charge is -2.36. The largest absolute Gasteiger partial charge is 0.495 e. The van der Waals surface area contributed by atoms with Crippen LogP contribution in [0.15, 0.2) is 59.0 Å². The zero-order valence-corrected chi connectivity index (χ0v) is 19.7. The molecule has 1 aliphatic carbocycles. The summed E-state index contributed by atoms with van der Waals surface area (Å²) in [6, 6.07) is 19.0. The standard InChI is InChI=1S/C28H35N3O2/c1-32-26-15-9-8-14-25(26)31-18-16-30(17-19-31)21-27-24(20-22-10-4-2-5-11-22)29-28(33-27)23-12-6-3-7-13-23/h2,4-5,8-11,14-15,23H,3,6-7,12-13,16-21H2,1H3. The van der Waals surface area contributed by atoms with Gasteiger partial charge in [0.25, 0.3) is 0 Å². The number of nitrogens with zero attached hydrogens (tertiary/aromatic N) is 3. The fourth-order valence-corrected chi connectivity index (χ4v) is 5.22. The topological polar surface area (TPSA) is 41.7 Å². The van der Waals surface area contributed by atoms with Crippen molar-refractivity contribution in [2.24, 2.45) is 0 Å². The van der Waals surface area contributed by atoms with Crippen molar-refractivity contribution < 1.29 is 9.15 Å². The van der Waals surface area contributed by atoms with Gasteiger partial charge in [0.1, 0.15) is 11.5 Å². The molecule has 5 rings (SSSR count). The Balaban J connectivity index is 1.29. The maximum absolute atomic E-state index is 6.49. The molecule has 0 spiro atoms. The number of anilines is 1. The van der Waals surface area contributed by atoms with Crippen molar-refractivity contribution >= 4 is 5.69 Å². The smallest absolute Gasteiger partial charge is 0.197 e. The second-order valence-corrected chi connectivity index (χ2v) is 9.35. The summed E-state index contributed by atoms with van der Waals surface area (Å²) >= 11 is 0. The predicted molar refractivity (Wildman–Crippen MR) is 132 cm³/mol. The number of rotatable bonds is 7. The molecule has 3 aromatic rings. The highest BCUT2D eigenvalue weighted by atomic mass is 16.5. The monoisotopic (exact) mass is 445 g/mol. The van der Waals surface area contributed by atoms with E-state index >= 15 is 0 Å². The first kappa shape index (κ1) is 22.0. The van der Waals surface area contributed by atoms with E-state index in [2.05, 4.69) is 52.3 Å². The molecule has 2 aliphatic rings. The molecule has 0 radical (unpaired) electrons. The summed E-state index contributed by atoms with van der Waals surface area (Å²) in [5.41, 5.74) is 3.60. The van der Waals surface area contributed by atoms with Gasteiger partial charge in [0.15, 0.2) is 5.89 Å². The van der Waals surface area contributed by atoms with Gasteiger partial charge in [0, 0.05) is 38.5 Å². The van der Waals surface area contributed by atoms with Crippen LogP contribution in [0, 0.1) is 0 Å². The highest BCUT2D eigenvalue weighted by Crippen LogP contribution is 2.34. The zero-order chi connectivity index (χ0) is 22.5. The molecular weight excluding hydrogens is 410 g/mol. The molecule has 2 aromatic carbocycles. The van der Waals surface area contributed by atoms with E-state index in [1.807, 2.05) is 12.1 Å². The Kier molecular flexibility index (Phi) is 6.96. The van der Waals surface area contributed by atoms with E-state index in [-0.39, 0.29) is 0 Å². The summed E-state index contributed by atoms with van der Waals surface area (Å²) in [7, 11) is 1.75. The third-order valence-corrected chi connectivity index (χ3v) is 7.13. The molecule has 1 saturated carbocycles. The number of piperazine rings is 1. The van der Waals surface area contributed by atoms with Crippen LogP contribution in [0.2, 0.25) is 0 Å². The molecule has 0 atom stereocenters. The maximum atomic E-state index is 6.49. The van der Waals surface area contributed by atoms with Gasteiger partial charge in [-0.15, -0.1) is 0 Å². The zero-order valence-electron chi connectivity index (χ0n) is 19.7. The molecule has 5 heteroatoms. The number of ether oxygens (including phenoxy) is 1. The number of oxazole rings is 1. The first-order valence-corrected chi connectivity index (χ1v) is 12.4. The van der Waals surface area contributed by atoms with E-state index in [9.17, 15) is 0 Å². The van der Waals surface area contributed by atoms with Crippen molar-refractivity contribution in [3.05, 3.63) is 77.5 Å². The Morgan fingerprint density at radius 3 is 2.39 bits per heavy atom. The average molecular weight is 446 g/mol. The average Bonchev–Trinajstić information content (AvgIpc) is 3.27. The lowest BCUT2D eigenvalue weighted by atomic mass is 9.89. The Bertz CT molecular complexity index is 1020. The van der Waals surface area contributed by atoms with Gasteiger partial charge in [-0.05, 0) is 30.5 Å². The third kappa shape index (κ3) is 5.25. The van der Waals surface area contributed by atoms with Gasteiger partial charge in [-0.3, -0.25) is 4.90 Å². The number of para-hydroxylation sites is 2. The quantitative estimate of drug-likeness (QED) is 0.470. The van der Waals surface area contributed by atoms with E-state index in [1.165, 1.54) is 43.4 Å². The van der Waals surface area contributed by atoms with E-state index in [0.717, 1.165) is 62.2 Å². The van der Waals surface area contributed by atoms with Gasteiger partial charge in [0.05, 0.1) is 25.0 Å². The summed E-state index contributed by atoms with van der Waals surface area (Å²) < 4.78 is 12.1. The second kappa shape index (κ2) is 10.4. The van der Waals surface area contributed by atoms with Gasteiger partial charge < -0.3 is 14.1 Å². The van der Waals surface area contributed by atoms with E-state index in [4.69, 9.17) is 14.1 Å². The summed E-state index contributed by atoms with van der Waals surface area (Å²) in [6.45, 7) is 4.81. The molecule has 0 unspecified atom stereocenters. The molecule has 0 amide bonds. The summed E-state index contributed by atoms with van der Waals surface area (Å²) in [5, 5.41) is 0. The molecule has 33 heavy (non-hydrogen) atoms. The van der Waals surface area contributed by atoms with Crippen LogP contribution in [-0.2, 0) is 13.0 Å². The lowest BCUT2D eigenvalue weighted by molar-refractivity contribution is 0.224. The van der Waals surface area contributed by atoms with E-state index in [0.29, 0.717) is 5.92 Å². The van der Waals surface area contributed by atoms with Crippen molar-refractivity contribution in [1.29, 1.82) is 0 Å². The summed E-state index contributed by atoms with van der Waals surface area (Å²) in [4.78, 5) is 9.99. The van der Waals surface area contributed by atoms with Gasteiger partial charge in [-0.2, -0.15) is 0 Å². The van der Waals surface area contributed by atoms with Gasteiger partial charge >= 0.3 is 0 Å². The number of benzene rings is 2. The Labute approximate surface area is 197 Å². The van der Waals surface area contributed by atoms with Crippen LogP contribution in [-0.4, -0.2) is 43.2 Å².